The highest BCUT2D eigenvalue weighted by atomic mass is 32.1. The standard InChI is InChI=1S/C40H25NOS/c1-2-11-29(12-3-1)41(31-21-22-34-33-13-6-7-16-38(33)43-39(34)25-31)30-19-17-26(18-20-30)32-14-8-15-35-36-23-27-9-4-5-10-28(27)24-37(36)42-40(32)35/h1-25H. The summed E-state index contributed by atoms with van der Waals surface area (Å²) >= 11 is 1.85. The van der Waals surface area contributed by atoms with Crippen molar-refractivity contribution in [3.8, 4) is 11.1 Å². The number of benzene rings is 7. The fraction of sp³-hybridized carbons (Fsp3) is 0. The summed E-state index contributed by atoms with van der Waals surface area (Å²) in [5, 5.41) is 7.33. The molecule has 0 atom stereocenters. The van der Waals surface area contributed by atoms with Crippen molar-refractivity contribution in [2.24, 2.45) is 0 Å². The first-order valence-electron chi connectivity index (χ1n) is 14.5. The van der Waals surface area contributed by atoms with E-state index in [0.29, 0.717) is 0 Å². The molecule has 9 aromatic rings. The Kier molecular flexibility index (Phi) is 5.40. The van der Waals surface area contributed by atoms with Gasteiger partial charge in [-0.2, -0.15) is 0 Å². The van der Waals surface area contributed by atoms with Gasteiger partial charge in [-0.25, -0.2) is 0 Å². The molecule has 0 unspecified atom stereocenters. The van der Waals surface area contributed by atoms with Gasteiger partial charge in [-0.3, -0.25) is 0 Å². The molecule has 0 fully saturated rings. The summed E-state index contributed by atoms with van der Waals surface area (Å²) in [4.78, 5) is 2.33. The molecule has 0 saturated carbocycles. The van der Waals surface area contributed by atoms with E-state index in [1.54, 1.807) is 0 Å². The number of para-hydroxylation sites is 2. The van der Waals surface area contributed by atoms with Crippen LogP contribution < -0.4 is 4.90 Å². The fourth-order valence-corrected chi connectivity index (χ4v) is 7.52. The fourth-order valence-electron chi connectivity index (χ4n) is 6.38. The van der Waals surface area contributed by atoms with Gasteiger partial charge in [0.25, 0.3) is 0 Å². The Morgan fingerprint density at radius 3 is 1.98 bits per heavy atom. The van der Waals surface area contributed by atoms with Crippen LogP contribution in [0.25, 0.3) is 64.0 Å². The maximum absolute atomic E-state index is 6.52. The van der Waals surface area contributed by atoms with Crippen LogP contribution in [-0.2, 0) is 0 Å². The number of anilines is 3. The van der Waals surface area contributed by atoms with Crippen molar-refractivity contribution in [2.45, 2.75) is 0 Å². The summed E-state index contributed by atoms with van der Waals surface area (Å²) in [6.45, 7) is 0. The van der Waals surface area contributed by atoms with Crippen molar-refractivity contribution >= 4 is 81.3 Å². The molecular formula is C40H25NOS. The first-order valence-corrected chi connectivity index (χ1v) is 15.3. The second-order valence-electron chi connectivity index (χ2n) is 11.0. The summed E-state index contributed by atoms with van der Waals surface area (Å²) in [5.41, 5.74) is 7.46. The highest BCUT2D eigenvalue weighted by molar-refractivity contribution is 7.25. The third kappa shape index (κ3) is 3.93. The number of fused-ring (bicyclic) bond motifs is 7. The Balaban J connectivity index is 1.16. The topological polar surface area (TPSA) is 16.4 Å². The monoisotopic (exact) mass is 567 g/mol. The lowest BCUT2D eigenvalue weighted by molar-refractivity contribution is 0.670. The summed E-state index contributed by atoms with van der Waals surface area (Å²) in [6.07, 6.45) is 0. The van der Waals surface area contributed by atoms with E-state index in [1.165, 1.54) is 30.9 Å². The van der Waals surface area contributed by atoms with Crippen molar-refractivity contribution in [1.82, 2.24) is 0 Å². The number of hydrogen-bond acceptors (Lipinski definition) is 3. The van der Waals surface area contributed by atoms with E-state index >= 15 is 0 Å². The van der Waals surface area contributed by atoms with Gasteiger partial charge >= 0.3 is 0 Å². The minimum atomic E-state index is 0.921. The van der Waals surface area contributed by atoms with Crippen molar-refractivity contribution in [1.29, 1.82) is 0 Å². The molecule has 0 saturated heterocycles. The number of hydrogen-bond donors (Lipinski definition) is 0. The molecule has 7 aromatic carbocycles. The van der Waals surface area contributed by atoms with E-state index in [1.807, 2.05) is 11.3 Å². The molecule has 9 rings (SSSR count). The summed E-state index contributed by atoms with van der Waals surface area (Å²) in [6, 6.07) is 54.2. The number of thiophene rings is 1. The molecule has 0 aliphatic rings. The van der Waals surface area contributed by atoms with Crippen LogP contribution in [-0.4, -0.2) is 0 Å². The lowest BCUT2D eigenvalue weighted by atomic mass is 10.0. The molecule has 2 aromatic heterocycles. The van der Waals surface area contributed by atoms with Crippen molar-refractivity contribution < 1.29 is 4.42 Å². The first kappa shape index (κ1) is 24.2. The third-order valence-electron chi connectivity index (χ3n) is 8.44. The van der Waals surface area contributed by atoms with Crippen LogP contribution in [0.3, 0.4) is 0 Å². The second-order valence-corrected chi connectivity index (χ2v) is 12.1. The van der Waals surface area contributed by atoms with Crippen LogP contribution >= 0.6 is 11.3 Å². The lowest BCUT2D eigenvalue weighted by Crippen LogP contribution is -2.09. The number of rotatable bonds is 4. The average Bonchev–Trinajstić information content (AvgIpc) is 3.62. The van der Waals surface area contributed by atoms with E-state index in [0.717, 1.165) is 50.1 Å². The summed E-state index contributed by atoms with van der Waals surface area (Å²) < 4.78 is 9.13. The van der Waals surface area contributed by atoms with E-state index in [9.17, 15) is 0 Å². The van der Waals surface area contributed by atoms with Crippen LogP contribution in [0.1, 0.15) is 0 Å². The van der Waals surface area contributed by atoms with E-state index in [4.69, 9.17) is 4.42 Å². The Morgan fingerprint density at radius 1 is 0.442 bits per heavy atom. The van der Waals surface area contributed by atoms with Gasteiger partial charge in [-0.1, -0.05) is 97.1 Å². The molecule has 0 aliphatic heterocycles. The molecule has 43 heavy (non-hydrogen) atoms. The number of furan rings is 1. The SMILES string of the molecule is c1ccc(N(c2ccc(-c3cccc4c3oc3cc5ccccc5cc34)cc2)c2ccc3c(c2)sc2ccccc23)cc1. The molecule has 0 bridgehead atoms. The van der Waals surface area contributed by atoms with Gasteiger partial charge < -0.3 is 9.32 Å². The Bertz CT molecular complexity index is 2450. The molecule has 0 radical (unpaired) electrons. The molecule has 0 aliphatic carbocycles. The molecule has 2 heterocycles. The van der Waals surface area contributed by atoms with Gasteiger partial charge in [0.05, 0.1) is 0 Å². The van der Waals surface area contributed by atoms with E-state index < -0.39 is 0 Å². The number of nitrogens with zero attached hydrogens (tertiary/aromatic N) is 1. The molecule has 3 heteroatoms. The molecule has 2 nitrogen and oxygen atoms in total. The predicted molar refractivity (Wildman–Crippen MR) is 184 cm³/mol. The normalized spacial score (nSPS) is 11.7. The molecule has 0 amide bonds. The van der Waals surface area contributed by atoms with Crippen LogP contribution in [0.5, 0.6) is 0 Å². The quantitative estimate of drug-likeness (QED) is 0.210. The molecule has 202 valence electrons. The minimum Gasteiger partial charge on any atom is -0.455 e. The zero-order valence-electron chi connectivity index (χ0n) is 23.2. The highest BCUT2D eigenvalue weighted by Gasteiger charge is 2.17. The van der Waals surface area contributed by atoms with Crippen LogP contribution in [0.4, 0.5) is 17.1 Å². The smallest absolute Gasteiger partial charge is 0.143 e. The second kappa shape index (κ2) is 9.59. The summed E-state index contributed by atoms with van der Waals surface area (Å²) in [5.74, 6) is 0. The van der Waals surface area contributed by atoms with Crippen molar-refractivity contribution in [2.75, 3.05) is 4.90 Å². The summed E-state index contributed by atoms with van der Waals surface area (Å²) in [7, 11) is 0. The van der Waals surface area contributed by atoms with Gasteiger partial charge in [-0.05, 0) is 70.9 Å². The van der Waals surface area contributed by atoms with Gasteiger partial charge in [0.1, 0.15) is 11.2 Å². The Hall–Kier alpha value is -5.38. The minimum absolute atomic E-state index is 0.921. The van der Waals surface area contributed by atoms with Crippen molar-refractivity contribution in [3.05, 3.63) is 152 Å². The Labute approximate surface area is 252 Å². The van der Waals surface area contributed by atoms with E-state index in [-0.39, 0.29) is 0 Å². The highest BCUT2D eigenvalue weighted by Crippen LogP contribution is 2.42. The van der Waals surface area contributed by atoms with Crippen LogP contribution in [0.2, 0.25) is 0 Å². The largest absolute Gasteiger partial charge is 0.455 e. The van der Waals surface area contributed by atoms with Crippen molar-refractivity contribution in [3.63, 3.8) is 0 Å². The molecule has 0 spiro atoms. The van der Waals surface area contributed by atoms with Gasteiger partial charge in [0.2, 0.25) is 0 Å². The van der Waals surface area contributed by atoms with Gasteiger partial charge in [-0.15, -0.1) is 11.3 Å². The maximum atomic E-state index is 6.52. The predicted octanol–water partition coefficient (Wildman–Crippen LogP) is 12.2. The zero-order chi connectivity index (χ0) is 28.3. The Morgan fingerprint density at radius 2 is 1.12 bits per heavy atom. The average molecular weight is 568 g/mol. The maximum Gasteiger partial charge on any atom is 0.143 e. The van der Waals surface area contributed by atoms with Crippen LogP contribution in [0.15, 0.2) is 156 Å². The molecular weight excluding hydrogens is 543 g/mol. The lowest BCUT2D eigenvalue weighted by Gasteiger charge is -2.25. The third-order valence-corrected chi connectivity index (χ3v) is 9.57. The first-order chi connectivity index (χ1) is 21.3. The molecule has 0 N–H and O–H groups in total. The van der Waals surface area contributed by atoms with Gasteiger partial charge in [0.15, 0.2) is 0 Å². The van der Waals surface area contributed by atoms with Crippen LogP contribution in [0, 0.1) is 0 Å². The zero-order valence-corrected chi connectivity index (χ0v) is 24.0. The van der Waals surface area contributed by atoms with Gasteiger partial charge in [0, 0.05) is 53.6 Å². The van der Waals surface area contributed by atoms with E-state index in [2.05, 4.69) is 157 Å².